The zero-order valence-electron chi connectivity index (χ0n) is 30.9. The van der Waals surface area contributed by atoms with E-state index in [9.17, 15) is 0 Å². The zero-order chi connectivity index (χ0) is 37.3. The maximum atomic E-state index is 4.30. The average molecular weight is 697 g/mol. The fourth-order valence-corrected chi connectivity index (χ4v) is 6.63. The summed E-state index contributed by atoms with van der Waals surface area (Å²) in [7, 11) is 0. The molecule has 54 heavy (non-hydrogen) atoms. The molecule has 0 atom stereocenters. The molecule has 0 aliphatic rings. The lowest BCUT2D eigenvalue weighted by Crippen LogP contribution is -2.31. The first-order valence-electron chi connectivity index (χ1n) is 18.3. The second kappa shape index (κ2) is 16.6. The Kier molecular flexibility index (Phi) is 10.9. The highest BCUT2D eigenvalue weighted by atomic mass is 15.1. The van der Waals surface area contributed by atoms with Gasteiger partial charge in [-0.15, -0.1) is 0 Å². The SMILES string of the molecule is C=C/C(=c1/ccccc1=C)N(c1ccc(C)cc1)c1ccc(-c2ccc(-c3ccc(-c4ccccc4/C=C\C=C\Nc4ccc(C)cc4)cc3)cc2)cc1. The van der Waals surface area contributed by atoms with Crippen LogP contribution in [0.1, 0.15) is 16.7 Å². The van der Waals surface area contributed by atoms with Gasteiger partial charge < -0.3 is 10.2 Å². The molecule has 0 saturated heterocycles. The number of nitrogens with zero attached hydrogens (tertiary/aromatic N) is 1. The van der Waals surface area contributed by atoms with E-state index in [0.717, 1.165) is 38.8 Å². The molecule has 0 aliphatic carbocycles. The molecule has 0 saturated carbocycles. The van der Waals surface area contributed by atoms with Gasteiger partial charge in [-0.2, -0.15) is 0 Å². The molecule has 0 heterocycles. The Labute approximate surface area is 319 Å². The van der Waals surface area contributed by atoms with Gasteiger partial charge in [0, 0.05) is 28.5 Å². The summed E-state index contributed by atoms with van der Waals surface area (Å²) in [5, 5.41) is 5.34. The second-order valence-corrected chi connectivity index (χ2v) is 13.4. The molecule has 2 heteroatoms. The van der Waals surface area contributed by atoms with E-state index in [1.54, 1.807) is 0 Å². The van der Waals surface area contributed by atoms with Gasteiger partial charge in [0.05, 0.1) is 5.70 Å². The van der Waals surface area contributed by atoms with Crippen molar-refractivity contribution in [3.05, 3.63) is 228 Å². The Morgan fingerprint density at radius 2 is 1.00 bits per heavy atom. The van der Waals surface area contributed by atoms with Gasteiger partial charge in [0.1, 0.15) is 0 Å². The quantitative estimate of drug-likeness (QED) is 0.135. The predicted octanol–water partition coefficient (Wildman–Crippen LogP) is 12.5. The van der Waals surface area contributed by atoms with Crippen LogP contribution in [0, 0.1) is 13.8 Å². The maximum Gasteiger partial charge on any atom is 0.0533 e. The van der Waals surface area contributed by atoms with Gasteiger partial charge >= 0.3 is 0 Å². The number of anilines is 3. The molecule has 0 amide bonds. The van der Waals surface area contributed by atoms with Crippen molar-refractivity contribution in [1.29, 1.82) is 0 Å². The highest BCUT2D eigenvalue weighted by Gasteiger charge is 2.14. The van der Waals surface area contributed by atoms with Crippen LogP contribution in [-0.4, -0.2) is 0 Å². The maximum absolute atomic E-state index is 4.30. The largest absolute Gasteiger partial charge is 0.362 e. The third-order valence-corrected chi connectivity index (χ3v) is 9.64. The molecule has 7 aromatic carbocycles. The van der Waals surface area contributed by atoms with Crippen LogP contribution in [0.4, 0.5) is 17.1 Å². The number of benzene rings is 7. The Bertz CT molecular complexity index is 2520. The van der Waals surface area contributed by atoms with Crippen LogP contribution >= 0.6 is 0 Å². The van der Waals surface area contributed by atoms with Crippen molar-refractivity contribution < 1.29 is 0 Å². The number of nitrogens with one attached hydrogen (secondary N) is 1. The van der Waals surface area contributed by atoms with Gasteiger partial charge in [-0.05, 0) is 107 Å². The molecule has 0 aromatic heterocycles. The van der Waals surface area contributed by atoms with Crippen molar-refractivity contribution in [3.8, 4) is 33.4 Å². The molecule has 1 N–H and O–H groups in total. The minimum absolute atomic E-state index is 0.962. The summed E-state index contributed by atoms with van der Waals surface area (Å²) in [4.78, 5) is 2.25. The van der Waals surface area contributed by atoms with E-state index in [-0.39, 0.29) is 0 Å². The predicted molar refractivity (Wildman–Crippen MR) is 234 cm³/mol. The molecular weight excluding hydrogens is 653 g/mol. The highest BCUT2D eigenvalue weighted by molar-refractivity contribution is 5.85. The van der Waals surface area contributed by atoms with E-state index >= 15 is 0 Å². The normalized spacial score (nSPS) is 11.8. The molecule has 0 spiro atoms. The summed E-state index contributed by atoms with van der Waals surface area (Å²) < 4.78 is 0. The molecule has 2 nitrogen and oxygen atoms in total. The topological polar surface area (TPSA) is 15.3 Å². The van der Waals surface area contributed by atoms with E-state index in [4.69, 9.17) is 0 Å². The first-order valence-corrected chi connectivity index (χ1v) is 18.3. The standard InChI is InChI=1S/C52H44N2/c1-5-52(50-15-8-6-12-40(50)4)54(48-33-19-39(3)20-34-48)49-35-29-44(30-36-49)42-23-21-41(22-24-42)43-25-27-46(28-26-43)51-16-9-7-13-45(51)14-10-11-37-53-47-31-17-38(2)18-32-47/h5-37,53H,1,4H2,2-3H3/b14-10-,37-11+,52-50+. The number of hydrogen-bond acceptors (Lipinski definition) is 2. The first kappa shape index (κ1) is 35.5. The lowest BCUT2D eigenvalue weighted by Gasteiger charge is -2.27. The van der Waals surface area contributed by atoms with Crippen molar-refractivity contribution in [1.82, 2.24) is 0 Å². The van der Waals surface area contributed by atoms with E-state index in [1.165, 1.54) is 44.5 Å². The lowest BCUT2D eigenvalue weighted by atomic mass is 9.96. The molecule has 7 rings (SSSR count). The van der Waals surface area contributed by atoms with Crippen LogP contribution in [0.15, 0.2) is 201 Å². The highest BCUT2D eigenvalue weighted by Crippen LogP contribution is 2.34. The third-order valence-electron chi connectivity index (χ3n) is 9.64. The molecule has 7 aromatic rings. The summed E-state index contributed by atoms with van der Waals surface area (Å²) in [6, 6.07) is 60.1. The van der Waals surface area contributed by atoms with Crippen LogP contribution in [0.5, 0.6) is 0 Å². The van der Waals surface area contributed by atoms with E-state index < -0.39 is 0 Å². The monoisotopic (exact) mass is 696 g/mol. The van der Waals surface area contributed by atoms with Gasteiger partial charge in [-0.25, -0.2) is 0 Å². The van der Waals surface area contributed by atoms with Gasteiger partial charge in [0.25, 0.3) is 0 Å². The number of hydrogen-bond donors (Lipinski definition) is 1. The molecule has 0 radical (unpaired) electrons. The first-order chi connectivity index (χ1) is 26.5. The molecule has 0 unspecified atom stereocenters. The molecular formula is C52H44N2. The molecule has 0 fully saturated rings. The Morgan fingerprint density at radius 1 is 0.519 bits per heavy atom. The van der Waals surface area contributed by atoms with Crippen LogP contribution in [0.25, 0.3) is 51.7 Å². The van der Waals surface area contributed by atoms with Gasteiger partial charge in [-0.3, -0.25) is 0 Å². The van der Waals surface area contributed by atoms with Crippen molar-refractivity contribution in [2.24, 2.45) is 0 Å². The second-order valence-electron chi connectivity index (χ2n) is 13.4. The van der Waals surface area contributed by atoms with Crippen molar-refractivity contribution in [2.45, 2.75) is 13.8 Å². The number of aryl methyl sites for hydroxylation is 2. The third kappa shape index (κ3) is 8.25. The minimum atomic E-state index is 0.962. The summed E-state index contributed by atoms with van der Waals surface area (Å²) >= 11 is 0. The zero-order valence-corrected chi connectivity index (χ0v) is 30.9. The van der Waals surface area contributed by atoms with Crippen LogP contribution < -0.4 is 20.7 Å². The summed E-state index contributed by atoms with van der Waals surface area (Å²) in [6.45, 7) is 12.7. The number of rotatable bonds is 11. The van der Waals surface area contributed by atoms with Gasteiger partial charge in [0.2, 0.25) is 0 Å². The lowest BCUT2D eigenvalue weighted by molar-refractivity contribution is 1.28. The van der Waals surface area contributed by atoms with E-state index in [0.29, 0.717) is 0 Å². The fourth-order valence-electron chi connectivity index (χ4n) is 6.63. The van der Waals surface area contributed by atoms with Crippen LogP contribution in [-0.2, 0) is 0 Å². The van der Waals surface area contributed by atoms with Gasteiger partial charge in [0.15, 0.2) is 0 Å². The Hall–Kier alpha value is -6.90. The van der Waals surface area contributed by atoms with Crippen LogP contribution in [0.3, 0.4) is 0 Å². The van der Waals surface area contributed by atoms with Crippen molar-refractivity contribution in [2.75, 3.05) is 10.2 Å². The Morgan fingerprint density at radius 3 is 1.57 bits per heavy atom. The summed E-state index contributed by atoms with van der Waals surface area (Å²) in [5.74, 6) is 0. The minimum Gasteiger partial charge on any atom is -0.362 e. The van der Waals surface area contributed by atoms with Crippen molar-refractivity contribution in [3.63, 3.8) is 0 Å². The van der Waals surface area contributed by atoms with E-state index in [2.05, 4.69) is 201 Å². The molecule has 0 aliphatic heterocycles. The summed E-state index contributed by atoms with van der Waals surface area (Å²) in [6.07, 6.45) is 10.1. The fraction of sp³-hybridized carbons (Fsp3) is 0.0385. The summed E-state index contributed by atoms with van der Waals surface area (Å²) in [5.41, 5.74) is 14.9. The number of allylic oxidation sites excluding steroid dienone is 2. The van der Waals surface area contributed by atoms with E-state index in [1.807, 2.05) is 36.6 Å². The van der Waals surface area contributed by atoms with Crippen molar-refractivity contribution >= 4 is 35.4 Å². The smallest absolute Gasteiger partial charge is 0.0533 e. The van der Waals surface area contributed by atoms with Gasteiger partial charge in [-0.1, -0.05) is 170 Å². The molecule has 0 bridgehead atoms. The Balaban J connectivity index is 1.08. The molecule has 262 valence electrons. The average Bonchev–Trinajstić information content (AvgIpc) is 3.22. The van der Waals surface area contributed by atoms with Crippen LogP contribution in [0.2, 0.25) is 0 Å².